The van der Waals surface area contributed by atoms with E-state index in [0.29, 0.717) is 17.4 Å². The summed E-state index contributed by atoms with van der Waals surface area (Å²) in [5, 5.41) is 10.9. The van der Waals surface area contributed by atoms with Crippen LogP contribution in [-0.4, -0.2) is 10.1 Å². The van der Waals surface area contributed by atoms with E-state index in [1.807, 2.05) is 19.9 Å². The molecule has 2 aromatic rings. The van der Waals surface area contributed by atoms with Crippen molar-refractivity contribution in [3.05, 3.63) is 44.4 Å². The van der Waals surface area contributed by atoms with Crippen molar-refractivity contribution in [2.45, 2.75) is 33.5 Å². The predicted octanol–water partition coefficient (Wildman–Crippen LogP) is 4.05. The van der Waals surface area contributed by atoms with Crippen LogP contribution >= 0.6 is 22.9 Å². The maximum atomic E-state index is 9.47. The Labute approximate surface area is 121 Å². The average Bonchev–Trinajstić information content (AvgIpc) is 2.67. The zero-order valence-corrected chi connectivity index (χ0v) is 12.7. The second-order valence-electron chi connectivity index (χ2n) is 4.40. The van der Waals surface area contributed by atoms with Crippen LogP contribution in [0.2, 0.25) is 5.02 Å². The smallest absolute Gasteiger partial charge is 0.140 e. The fraction of sp³-hybridized carbons (Fsp3) is 0.357. The van der Waals surface area contributed by atoms with E-state index in [1.54, 1.807) is 30.4 Å². The number of benzene rings is 1. The van der Waals surface area contributed by atoms with Gasteiger partial charge in [-0.25, -0.2) is 4.98 Å². The molecule has 1 aromatic heterocycles. The second-order valence-corrected chi connectivity index (χ2v) is 6.10. The van der Waals surface area contributed by atoms with Crippen molar-refractivity contribution in [3.8, 4) is 5.75 Å². The minimum absolute atomic E-state index is 0.410. The fourth-order valence-electron chi connectivity index (χ4n) is 1.63. The van der Waals surface area contributed by atoms with Gasteiger partial charge in [0.2, 0.25) is 0 Å². The molecular weight excluding hydrogens is 282 g/mol. The molecule has 0 aliphatic rings. The number of halogens is 1. The van der Waals surface area contributed by atoms with E-state index >= 15 is 0 Å². The van der Waals surface area contributed by atoms with Gasteiger partial charge in [-0.3, -0.25) is 0 Å². The lowest BCUT2D eigenvalue weighted by atomic mass is 10.1. The molecular formula is C14H16ClNO2S. The first-order chi connectivity index (χ1) is 8.97. The largest absolute Gasteiger partial charge is 0.485 e. The van der Waals surface area contributed by atoms with Gasteiger partial charge in [-0.05, 0) is 38.5 Å². The maximum Gasteiger partial charge on any atom is 0.140 e. The summed E-state index contributed by atoms with van der Waals surface area (Å²) in [6, 6.07) is 5.31. The third kappa shape index (κ3) is 3.47. The second kappa shape index (κ2) is 5.90. The van der Waals surface area contributed by atoms with Crippen molar-refractivity contribution in [2.24, 2.45) is 0 Å². The molecule has 0 radical (unpaired) electrons. The number of hydrogen-bond acceptors (Lipinski definition) is 4. The van der Waals surface area contributed by atoms with Crippen LogP contribution in [0.25, 0.3) is 0 Å². The fourth-order valence-corrected chi connectivity index (χ4v) is 2.73. The number of aliphatic hydroxyl groups excluding tert-OH is 1. The Kier molecular flexibility index (Phi) is 4.45. The maximum absolute atomic E-state index is 9.47. The Bertz CT molecular complexity index is 561. The Morgan fingerprint density at radius 1 is 1.42 bits per heavy atom. The highest BCUT2D eigenvalue weighted by Crippen LogP contribution is 2.29. The van der Waals surface area contributed by atoms with Gasteiger partial charge in [-0.1, -0.05) is 17.7 Å². The van der Waals surface area contributed by atoms with E-state index in [1.165, 1.54) is 4.88 Å². The monoisotopic (exact) mass is 297 g/mol. The number of aryl methyl sites for hydroxylation is 2. The number of ether oxygens (including phenoxy) is 1. The van der Waals surface area contributed by atoms with Crippen molar-refractivity contribution in [1.29, 1.82) is 0 Å². The summed E-state index contributed by atoms with van der Waals surface area (Å²) in [5.74, 6) is 0.608. The highest BCUT2D eigenvalue weighted by Gasteiger charge is 2.09. The van der Waals surface area contributed by atoms with Crippen LogP contribution in [0.3, 0.4) is 0 Å². The lowest BCUT2D eigenvalue weighted by Gasteiger charge is -2.09. The normalized spacial score (nSPS) is 12.5. The number of aromatic nitrogens is 1. The van der Waals surface area contributed by atoms with E-state index in [4.69, 9.17) is 16.3 Å². The molecule has 0 saturated heterocycles. The van der Waals surface area contributed by atoms with Gasteiger partial charge in [0.15, 0.2) is 0 Å². The van der Waals surface area contributed by atoms with Crippen molar-refractivity contribution >= 4 is 22.9 Å². The molecule has 102 valence electrons. The number of aliphatic hydroxyl groups is 1. The molecule has 0 saturated carbocycles. The number of hydrogen-bond donors (Lipinski definition) is 1. The van der Waals surface area contributed by atoms with E-state index in [9.17, 15) is 5.11 Å². The summed E-state index contributed by atoms with van der Waals surface area (Å²) >= 11 is 7.75. The Hall–Kier alpha value is -1.10. The van der Waals surface area contributed by atoms with Crippen LogP contribution in [0.1, 0.15) is 34.2 Å². The zero-order valence-electron chi connectivity index (χ0n) is 11.1. The van der Waals surface area contributed by atoms with Gasteiger partial charge in [0.1, 0.15) is 17.4 Å². The van der Waals surface area contributed by atoms with E-state index in [2.05, 4.69) is 4.98 Å². The first kappa shape index (κ1) is 14.3. The van der Waals surface area contributed by atoms with Crippen molar-refractivity contribution in [3.63, 3.8) is 0 Å². The van der Waals surface area contributed by atoms with Crippen molar-refractivity contribution in [1.82, 2.24) is 4.98 Å². The van der Waals surface area contributed by atoms with Crippen molar-refractivity contribution in [2.75, 3.05) is 0 Å². The molecule has 0 aliphatic heterocycles. The molecule has 0 bridgehead atoms. The zero-order chi connectivity index (χ0) is 14.0. The molecule has 0 unspecified atom stereocenters. The highest BCUT2D eigenvalue weighted by molar-refractivity contribution is 7.11. The van der Waals surface area contributed by atoms with E-state index < -0.39 is 6.10 Å². The predicted molar refractivity (Wildman–Crippen MR) is 78.0 cm³/mol. The standard InChI is InChI=1S/C14H16ClNO2S/c1-8-10(3)19-14(16-8)7-18-13-5-4-11(9(2)17)6-12(13)15/h4-6,9,17H,7H2,1-3H3/t9-/m1/s1. The molecule has 1 heterocycles. The first-order valence-corrected chi connectivity index (χ1v) is 7.20. The summed E-state index contributed by atoms with van der Waals surface area (Å²) in [5.41, 5.74) is 1.82. The van der Waals surface area contributed by atoms with Crippen LogP contribution in [0.5, 0.6) is 5.75 Å². The van der Waals surface area contributed by atoms with Crippen LogP contribution < -0.4 is 4.74 Å². The highest BCUT2D eigenvalue weighted by atomic mass is 35.5. The third-order valence-electron chi connectivity index (χ3n) is 2.86. The molecule has 19 heavy (non-hydrogen) atoms. The Morgan fingerprint density at radius 3 is 2.68 bits per heavy atom. The van der Waals surface area contributed by atoms with Crippen LogP contribution in [-0.2, 0) is 6.61 Å². The molecule has 2 rings (SSSR count). The molecule has 3 nitrogen and oxygen atoms in total. The lowest BCUT2D eigenvalue weighted by Crippen LogP contribution is -1.97. The van der Waals surface area contributed by atoms with Gasteiger partial charge < -0.3 is 9.84 Å². The summed E-state index contributed by atoms with van der Waals surface area (Å²) in [6.45, 7) is 6.14. The summed E-state index contributed by atoms with van der Waals surface area (Å²) in [6.07, 6.45) is -0.532. The molecule has 0 amide bonds. The number of nitrogens with zero attached hydrogens (tertiary/aromatic N) is 1. The molecule has 0 fully saturated rings. The van der Waals surface area contributed by atoms with Crippen LogP contribution in [0, 0.1) is 13.8 Å². The third-order valence-corrected chi connectivity index (χ3v) is 4.20. The number of rotatable bonds is 4. The molecule has 1 aromatic carbocycles. The van der Waals surface area contributed by atoms with E-state index in [-0.39, 0.29) is 0 Å². The quantitative estimate of drug-likeness (QED) is 0.926. The average molecular weight is 298 g/mol. The minimum Gasteiger partial charge on any atom is -0.485 e. The summed E-state index contributed by atoms with van der Waals surface area (Å²) < 4.78 is 5.66. The first-order valence-electron chi connectivity index (χ1n) is 6.00. The molecule has 0 spiro atoms. The van der Waals surface area contributed by atoms with Gasteiger partial charge in [0.05, 0.1) is 16.8 Å². The molecule has 1 N–H and O–H groups in total. The SMILES string of the molecule is Cc1nc(COc2ccc([C@@H](C)O)cc2Cl)sc1C. The van der Waals surface area contributed by atoms with Crippen LogP contribution in [0.15, 0.2) is 18.2 Å². The van der Waals surface area contributed by atoms with Gasteiger partial charge in [-0.2, -0.15) is 0 Å². The lowest BCUT2D eigenvalue weighted by molar-refractivity contribution is 0.199. The van der Waals surface area contributed by atoms with Crippen LogP contribution in [0.4, 0.5) is 0 Å². The summed E-state index contributed by atoms with van der Waals surface area (Å²) in [4.78, 5) is 5.61. The molecule has 1 atom stereocenters. The number of thiazole rings is 1. The van der Waals surface area contributed by atoms with E-state index in [0.717, 1.165) is 16.3 Å². The minimum atomic E-state index is -0.532. The van der Waals surface area contributed by atoms with Gasteiger partial charge in [0.25, 0.3) is 0 Å². The van der Waals surface area contributed by atoms with Gasteiger partial charge in [0, 0.05) is 4.88 Å². The molecule has 5 heteroatoms. The van der Waals surface area contributed by atoms with Gasteiger partial charge >= 0.3 is 0 Å². The topological polar surface area (TPSA) is 42.4 Å². The molecule has 0 aliphatic carbocycles. The summed E-state index contributed by atoms with van der Waals surface area (Å²) in [7, 11) is 0. The Morgan fingerprint density at radius 2 is 2.16 bits per heavy atom. The Balaban J connectivity index is 2.07. The van der Waals surface area contributed by atoms with Crippen molar-refractivity contribution < 1.29 is 9.84 Å². The van der Waals surface area contributed by atoms with Gasteiger partial charge in [-0.15, -0.1) is 11.3 Å².